The molecule has 0 radical (unpaired) electrons. The molecule has 2 aliphatic carbocycles. The Bertz CT molecular complexity index is 1070. The van der Waals surface area contributed by atoms with E-state index in [0.717, 1.165) is 11.1 Å². The molecule has 2 amide bonds. The zero-order valence-corrected chi connectivity index (χ0v) is 23.2. The molecule has 1 aromatic rings. The van der Waals surface area contributed by atoms with Crippen molar-refractivity contribution in [1.82, 2.24) is 5.32 Å². The van der Waals surface area contributed by atoms with Crippen LogP contribution in [0.3, 0.4) is 0 Å². The average molecular weight is 531 g/mol. The normalized spacial score (nSPS) is 25.0. The van der Waals surface area contributed by atoms with Gasteiger partial charge >= 0.3 is 6.09 Å². The summed E-state index contributed by atoms with van der Waals surface area (Å²) in [6.07, 6.45) is 6.70. The second-order valence-electron chi connectivity index (χ2n) is 10.8. The lowest BCUT2D eigenvalue weighted by molar-refractivity contribution is -0.132. The molecule has 7 nitrogen and oxygen atoms in total. The number of allylic oxidation sites excluding steroid dienone is 2. The molecule has 37 heavy (non-hydrogen) atoms. The third-order valence-electron chi connectivity index (χ3n) is 7.37. The number of hydrogen-bond donors (Lipinski definition) is 2. The van der Waals surface area contributed by atoms with E-state index in [1.54, 1.807) is 31.4 Å². The highest BCUT2D eigenvalue weighted by atomic mass is 35.5. The Morgan fingerprint density at radius 2 is 2.05 bits per heavy atom. The van der Waals surface area contributed by atoms with Crippen LogP contribution in [0.5, 0.6) is 0 Å². The summed E-state index contributed by atoms with van der Waals surface area (Å²) in [6, 6.07) is 6.93. The van der Waals surface area contributed by atoms with Crippen molar-refractivity contribution in [3.63, 3.8) is 0 Å². The Labute approximate surface area is 225 Å². The maximum absolute atomic E-state index is 13.1. The highest BCUT2D eigenvalue weighted by Crippen LogP contribution is 2.52. The molecule has 4 atom stereocenters. The fraction of sp³-hybridized carbons (Fsp3) is 0.517. The largest absolute Gasteiger partial charge is 0.445 e. The first-order valence-corrected chi connectivity index (χ1v) is 12.9. The molecule has 1 aromatic carbocycles. The number of amides is 2. The number of hydrogen-bond acceptors (Lipinski definition) is 5. The van der Waals surface area contributed by atoms with Crippen molar-refractivity contribution >= 4 is 29.3 Å². The van der Waals surface area contributed by atoms with Crippen molar-refractivity contribution in [2.24, 2.45) is 22.7 Å². The van der Waals surface area contributed by atoms with Crippen LogP contribution in [0.15, 0.2) is 60.2 Å². The lowest BCUT2D eigenvalue weighted by Gasteiger charge is -2.50. The van der Waals surface area contributed by atoms with Crippen LogP contribution >= 0.6 is 11.6 Å². The van der Waals surface area contributed by atoms with Gasteiger partial charge in [-0.25, -0.2) is 4.79 Å². The zero-order chi connectivity index (χ0) is 27.2. The summed E-state index contributed by atoms with van der Waals surface area (Å²) in [7, 11) is 1.57. The molecule has 0 aliphatic heterocycles. The Morgan fingerprint density at radius 3 is 2.73 bits per heavy atom. The van der Waals surface area contributed by atoms with Crippen molar-refractivity contribution in [2.75, 3.05) is 32.4 Å². The number of carbonyl (C=O) groups is 2. The van der Waals surface area contributed by atoms with Crippen LogP contribution in [-0.4, -0.2) is 45.2 Å². The molecule has 0 fully saturated rings. The van der Waals surface area contributed by atoms with Crippen LogP contribution in [0.25, 0.3) is 0 Å². The molecule has 0 unspecified atom stereocenters. The Kier molecular flexibility index (Phi) is 9.62. The van der Waals surface area contributed by atoms with E-state index >= 15 is 0 Å². The molecule has 3 rings (SSSR count). The molecule has 0 saturated carbocycles. The van der Waals surface area contributed by atoms with Crippen LogP contribution < -0.4 is 10.6 Å². The fourth-order valence-corrected chi connectivity index (χ4v) is 5.35. The maximum atomic E-state index is 13.1. The number of anilines is 1. The van der Waals surface area contributed by atoms with Gasteiger partial charge < -0.3 is 19.5 Å². The monoisotopic (exact) mass is 530 g/mol. The number of methoxy groups -OCH3 is 1. The van der Waals surface area contributed by atoms with Gasteiger partial charge in [-0.2, -0.15) is 0 Å². The first kappa shape index (κ1) is 29.0. The van der Waals surface area contributed by atoms with Gasteiger partial charge in [0.2, 0.25) is 5.91 Å². The van der Waals surface area contributed by atoms with Crippen molar-refractivity contribution < 1.29 is 23.8 Å². The lowest BCUT2D eigenvalue weighted by atomic mass is 9.57. The molecule has 2 aliphatic rings. The highest BCUT2D eigenvalue weighted by Gasteiger charge is 2.52. The molecule has 202 valence electrons. The average Bonchev–Trinajstić information content (AvgIpc) is 2.82. The van der Waals surface area contributed by atoms with Gasteiger partial charge in [0.1, 0.15) is 12.9 Å². The second kappa shape index (κ2) is 12.3. The van der Waals surface area contributed by atoms with Crippen molar-refractivity contribution in [3.8, 4) is 0 Å². The molecular weight excluding hydrogens is 492 g/mol. The van der Waals surface area contributed by atoms with E-state index in [-0.39, 0.29) is 24.5 Å². The molecule has 8 heteroatoms. The van der Waals surface area contributed by atoms with Crippen LogP contribution in [0, 0.1) is 22.7 Å². The quantitative estimate of drug-likeness (QED) is 0.216. The number of benzene rings is 1. The SMILES string of the molecule is C=C(C)CNC(=O)C(C)(C)[C@@H]1C=C[C@@]2(COCOC)[C@@H](OC(=O)Nc3cccc(Cl)c3)CC(C)=C[C@H]2C1. The summed E-state index contributed by atoms with van der Waals surface area (Å²) in [5.74, 6) is -0.0231. The first-order chi connectivity index (χ1) is 17.5. The summed E-state index contributed by atoms with van der Waals surface area (Å²) >= 11 is 6.06. The zero-order valence-electron chi connectivity index (χ0n) is 22.4. The number of ether oxygens (including phenoxy) is 3. The van der Waals surface area contributed by atoms with Gasteiger partial charge in [-0.05, 0) is 50.3 Å². The standard InChI is InChI=1S/C29H39ClN2O5/c1-19(2)16-31-26(33)28(4,5)21-10-11-29(17-36-18-35-6)22(14-21)12-20(3)13-25(29)37-27(34)32-24-9-7-8-23(30)15-24/h7-12,15,21-22,25H,1,13-14,16-18H2,2-6H3,(H,31,33)(H,32,34)/t21-,22+,25+,29+/m1/s1. The Morgan fingerprint density at radius 1 is 1.30 bits per heavy atom. The van der Waals surface area contributed by atoms with E-state index in [9.17, 15) is 9.59 Å². The Balaban J connectivity index is 1.87. The number of fused-ring (bicyclic) bond motifs is 1. The molecule has 0 bridgehead atoms. The van der Waals surface area contributed by atoms with Crippen LogP contribution in [0.1, 0.15) is 40.5 Å². The van der Waals surface area contributed by atoms with Gasteiger partial charge in [0.15, 0.2) is 0 Å². The first-order valence-electron chi connectivity index (χ1n) is 12.6. The minimum Gasteiger partial charge on any atom is -0.445 e. The van der Waals surface area contributed by atoms with Crippen molar-refractivity contribution in [3.05, 3.63) is 65.2 Å². The van der Waals surface area contributed by atoms with Crippen molar-refractivity contribution in [1.29, 1.82) is 0 Å². The van der Waals surface area contributed by atoms with Crippen LogP contribution in [0.2, 0.25) is 5.02 Å². The third-order valence-corrected chi connectivity index (χ3v) is 7.60. The summed E-state index contributed by atoms with van der Waals surface area (Å²) < 4.78 is 17.1. The number of nitrogens with one attached hydrogen (secondary N) is 2. The molecule has 0 aromatic heterocycles. The number of carbonyl (C=O) groups excluding carboxylic acids is 2. The van der Waals surface area contributed by atoms with E-state index in [1.165, 1.54) is 0 Å². The number of halogens is 1. The maximum Gasteiger partial charge on any atom is 0.411 e. The predicted octanol–water partition coefficient (Wildman–Crippen LogP) is 6.12. The summed E-state index contributed by atoms with van der Waals surface area (Å²) in [6.45, 7) is 12.6. The molecule has 0 heterocycles. The van der Waals surface area contributed by atoms with Gasteiger partial charge in [-0.3, -0.25) is 10.1 Å². The predicted molar refractivity (Wildman–Crippen MR) is 146 cm³/mol. The van der Waals surface area contributed by atoms with Crippen LogP contribution in [0.4, 0.5) is 10.5 Å². The summed E-state index contributed by atoms with van der Waals surface area (Å²) in [4.78, 5) is 26.0. The fourth-order valence-electron chi connectivity index (χ4n) is 5.16. The second-order valence-corrected chi connectivity index (χ2v) is 11.2. The minimum absolute atomic E-state index is 0.00490. The molecule has 2 N–H and O–H groups in total. The van der Waals surface area contributed by atoms with Crippen molar-refractivity contribution in [2.45, 2.75) is 46.6 Å². The van der Waals surface area contributed by atoms with Gasteiger partial charge in [0, 0.05) is 36.2 Å². The third kappa shape index (κ3) is 7.03. The van der Waals surface area contributed by atoms with E-state index < -0.39 is 23.0 Å². The van der Waals surface area contributed by atoms with Gasteiger partial charge in [-0.1, -0.05) is 67.5 Å². The molecule has 0 spiro atoms. The van der Waals surface area contributed by atoms with E-state index in [4.69, 9.17) is 25.8 Å². The molecular formula is C29H39ClN2O5. The number of rotatable bonds is 10. The van der Waals surface area contributed by atoms with E-state index in [1.807, 2.05) is 27.7 Å². The summed E-state index contributed by atoms with van der Waals surface area (Å²) in [5.41, 5.74) is 1.37. The smallest absolute Gasteiger partial charge is 0.411 e. The van der Waals surface area contributed by atoms with Crippen LogP contribution in [-0.2, 0) is 19.0 Å². The Hall–Kier alpha value is -2.61. The molecule has 0 saturated heterocycles. The van der Waals surface area contributed by atoms with Gasteiger partial charge in [0.25, 0.3) is 0 Å². The highest BCUT2D eigenvalue weighted by molar-refractivity contribution is 6.30. The van der Waals surface area contributed by atoms with Gasteiger partial charge in [-0.15, -0.1) is 0 Å². The topological polar surface area (TPSA) is 85.9 Å². The van der Waals surface area contributed by atoms with E-state index in [0.29, 0.717) is 36.7 Å². The minimum atomic E-state index is -0.634. The van der Waals surface area contributed by atoms with E-state index in [2.05, 4.69) is 35.4 Å². The lowest BCUT2D eigenvalue weighted by Crippen LogP contribution is -2.52. The summed E-state index contributed by atoms with van der Waals surface area (Å²) in [5, 5.41) is 6.30. The van der Waals surface area contributed by atoms with Gasteiger partial charge in [0.05, 0.1) is 12.0 Å².